The van der Waals surface area contributed by atoms with Crippen molar-refractivity contribution in [1.29, 1.82) is 0 Å². The first kappa shape index (κ1) is 10.5. The van der Waals surface area contributed by atoms with Crippen molar-refractivity contribution in [1.82, 2.24) is 5.32 Å². The van der Waals surface area contributed by atoms with Crippen molar-refractivity contribution in [3.05, 3.63) is 29.8 Å². The Hall–Kier alpha value is -2.04. The van der Waals surface area contributed by atoms with E-state index in [4.69, 9.17) is 10.5 Å². The molecule has 1 heterocycles. The van der Waals surface area contributed by atoms with E-state index < -0.39 is 12.0 Å². The highest BCUT2D eigenvalue weighted by molar-refractivity contribution is 5.87. The van der Waals surface area contributed by atoms with Gasteiger partial charge in [-0.25, -0.2) is 0 Å². The molecular weight excluding hydrogens is 208 g/mol. The van der Waals surface area contributed by atoms with Crippen molar-refractivity contribution < 1.29 is 14.3 Å². The average Bonchev–Trinajstić information content (AvgIpc) is 2.69. The minimum atomic E-state index is -0.566. The molecule has 3 N–H and O–H groups in total. The molecule has 0 spiro atoms. The molecule has 0 aliphatic carbocycles. The summed E-state index contributed by atoms with van der Waals surface area (Å²) in [5, 5.41) is 2.42. The van der Waals surface area contributed by atoms with E-state index in [0.29, 0.717) is 6.42 Å². The largest absolute Gasteiger partial charge is 0.480 e. The van der Waals surface area contributed by atoms with Crippen LogP contribution in [0.2, 0.25) is 0 Å². The molecule has 0 bridgehead atoms. The summed E-state index contributed by atoms with van der Waals surface area (Å²) in [4.78, 5) is 22.1. The van der Waals surface area contributed by atoms with Gasteiger partial charge in [-0.3, -0.25) is 9.59 Å². The summed E-state index contributed by atoms with van der Waals surface area (Å²) in [6.07, 6.45) is -0.0300. The van der Waals surface area contributed by atoms with Crippen LogP contribution in [0.1, 0.15) is 5.56 Å². The van der Waals surface area contributed by atoms with Crippen LogP contribution in [-0.4, -0.2) is 24.5 Å². The second-order valence-corrected chi connectivity index (χ2v) is 3.60. The topological polar surface area (TPSA) is 81.4 Å². The first-order chi connectivity index (χ1) is 7.66. The first-order valence-corrected chi connectivity index (χ1v) is 4.97. The molecule has 1 atom stereocenters. The molecule has 0 saturated carbocycles. The summed E-state index contributed by atoms with van der Waals surface area (Å²) in [5.41, 5.74) is 5.93. The van der Waals surface area contributed by atoms with Crippen molar-refractivity contribution in [3.63, 3.8) is 0 Å². The number of carbonyl (C=O) groups is 2. The quantitative estimate of drug-likeness (QED) is 0.726. The molecule has 1 aliphatic rings. The lowest BCUT2D eigenvalue weighted by atomic mass is 10.1. The zero-order valence-electron chi connectivity index (χ0n) is 8.60. The first-order valence-electron chi connectivity index (χ1n) is 4.97. The Morgan fingerprint density at radius 3 is 2.88 bits per heavy atom. The molecule has 5 nitrogen and oxygen atoms in total. The van der Waals surface area contributed by atoms with Gasteiger partial charge in [0.1, 0.15) is 5.75 Å². The van der Waals surface area contributed by atoms with Crippen LogP contribution in [0.15, 0.2) is 24.3 Å². The molecular formula is C11H12N2O3. The van der Waals surface area contributed by atoms with Gasteiger partial charge in [-0.1, -0.05) is 18.2 Å². The highest BCUT2D eigenvalue weighted by atomic mass is 16.5. The minimum absolute atomic E-state index is 0.158. The van der Waals surface area contributed by atoms with Gasteiger partial charge in [0.25, 0.3) is 5.91 Å². The van der Waals surface area contributed by atoms with E-state index in [0.717, 1.165) is 11.3 Å². The standard InChI is InChI=1S/C11H12N2O3/c12-10(14)6-13-11(15)9-5-7-3-1-2-4-8(7)16-9/h1-4,9H,5-6H2,(H2,12,14)(H,13,15). The molecule has 5 heteroatoms. The number of hydrogen-bond donors (Lipinski definition) is 2. The molecule has 0 radical (unpaired) electrons. The smallest absolute Gasteiger partial charge is 0.261 e. The Morgan fingerprint density at radius 2 is 2.19 bits per heavy atom. The summed E-state index contributed by atoms with van der Waals surface area (Å²) >= 11 is 0. The molecule has 84 valence electrons. The van der Waals surface area contributed by atoms with Crippen LogP contribution < -0.4 is 15.8 Å². The number of primary amides is 1. The molecule has 1 aliphatic heterocycles. The molecule has 0 fully saturated rings. The summed E-state index contributed by atoms with van der Waals surface area (Å²) in [7, 11) is 0. The molecule has 1 aromatic rings. The van der Waals surface area contributed by atoms with Crippen LogP contribution >= 0.6 is 0 Å². The highest BCUT2D eigenvalue weighted by Gasteiger charge is 2.28. The van der Waals surface area contributed by atoms with Crippen LogP contribution in [0.4, 0.5) is 0 Å². The maximum absolute atomic E-state index is 11.6. The van der Waals surface area contributed by atoms with E-state index >= 15 is 0 Å². The third-order valence-electron chi connectivity index (χ3n) is 2.38. The number of hydrogen-bond acceptors (Lipinski definition) is 3. The van der Waals surface area contributed by atoms with Crippen LogP contribution in [0.3, 0.4) is 0 Å². The van der Waals surface area contributed by atoms with E-state index in [-0.39, 0.29) is 12.5 Å². The second kappa shape index (κ2) is 4.22. The summed E-state index contributed by atoms with van der Waals surface area (Å²) in [6, 6.07) is 7.47. The van der Waals surface area contributed by atoms with E-state index in [1.54, 1.807) is 0 Å². The number of fused-ring (bicyclic) bond motifs is 1. The van der Waals surface area contributed by atoms with Crippen molar-refractivity contribution in [3.8, 4) is 5.75 Å². The van der Waals surface area contributed by atoms with Gasteiger partial charge < -0.3 is 15.8 Å². The Labute approximate surface area is 92.6 Å². The molecule has 2 amide bonds. The predicted octanol–water partition coefficient (Wildman–Crippen LogP) is -0.408. The van der Waals surface area contributed by atoms with Crippen molar-refractivity contribution in [2.24, 2.45) is 5.73 Å². The molecule has 2 rings (SSSR count). The average molecular weight is 220 g/mol. The number of rotatable bonds is 3. The second-order valence-electron chi connectivity index (χ2n) is 3.60. The van der Waals surface area contributed by atoms with Crippen molar-refractivity contribution in [2.45, 2.75) is 12.5 Å². The van der Waals surface area contributed by atoms with E-state index in [1.165, 1.54) is 0 Å². The van der Waals surface area contributed by atoms with Crippen molar-refractivity contribution in [2.75, 3.05) is 6.54 Å². The number of ether oxygens (including phenoxy) is 1. The fourth-order valence-corrected chi connectivity index (χ4v) is 1.62. The van der Waals surface area contributed by atoms with Gasteiger partial charge in [0, 0.05) is 6.42 Å². The van der Waals surface area contributed by atoms with Crippen LogP contribution in [0.25, 0.3) is 0 Å². The third kappa shape index (κ3) is 2.13. The maximum Gasteiger partial charge on any atom is 0.261 e. The Balaban J connectivity index is 1.96. The Bertz CT molecular complexity index is 406. The molecule has 1 unspecified atom stereocenters. The highest BCUT2D eigenvalue weighted by Crippen LogP contribution is 2.27. The summed E-state index contributed by atoms with van der Waals surface area (Å²) in [5.74, 6) is -0.152. The van der Waals surface area contributed by atoms with Crippen molar-refractivity contribution >= 4 is 11.8 Å². The Morgan fingerprint density at radius 1 is 1.44 bits per heavy atom. The van der Waals surface area contributed by atoms with Gasteiger partial charge >= 0.3 is 0 Å². The van der Waals surface area contributed by atoms with Crippen LogP contribution in [0, 0.1) is 0 Å². The van der Waals surface area contributed by atoms with Gasteiger partial charge in [-0.05, 0) is 11.6 Å². The van der Waals surface area contributed by atoms with Gasteiger partial charge in [-0.2, -0.15) is 0 Å². The molecule has 1 aromatic carbocycles. The Kier molecular flexibility index (Phi) is 2.76. The van der Waals surface area contributed by atoms with Crippen LogP contribution in [0.5, 0.6) is 5.75 Å². The predicted molar refractivity (Wildman–Crippen MR) is 56.8 cm³/mol. The number of nitrogens with one attached hydrogen (secondary N) is 1. The molecule has 0 saturated heterocycles. The zero-order valence-corrected chi connectivity index (χ0v) is 8.60. The summed E-state index contributed by atoms with van der Waals surface area (Å²) < 4.78 is 5.44. The normalized spacial score (nSPS) is 17.4. The lowest BCUT2D eigenvalue weighted by Crippen LogP contribution is -2.41. The lowest BCUT2D eigenvalue weighted by molar-refractivity contribution is -0.129. The number of amides is 2. The lowest BCUT2D eigenvalue weighted by Gasteiger charge is -2.09. The van der Waals surface area contributed by atoms with Gasteiger partial charge in [0.05, 0.1) is 6.54 Å². The van der Waals surface area contributed by atoms with Gasteiger partial charge in [0.2, 0.25) is 5.91 Å². The monoisotopic (exact) mass is 220 g/mol. The molecule has 16 heavy (non-hydrogen) atoms. The third-order valence-corrected chi connectivity index (χ3v) is 2.38. The zero-order chi connectivity index (χ0) is 11.5. The number of nitrogens with two attached hydrogens (primary N) is 1. The van der Waals surface area contributed by atoms with E-state index in [1.807, 2.05) is 24.3 Å². The van der Waals surface area contributed by atoms with Crippen LogP contribution in [-0.2, 0) is 16.0 Å². The number of benzene rings is 1. The van der Waals surface area contributed by atoms with Gasteiger partial charge in [0.15, 0.2) is 6.10 Å². The fraction of sp³-hybridized carbons (Fsp3) is 0.273. The SMILES string of the molecule is NC(=O)CNC(=O)C1Cc2ccccc2O1. The number of carbonyl (C=O) groups excluding carboxylic acids is 2. The molecule has 0 aromatic heterocycles. The van der Waals surface area contributed by atoms with E-state index in [9.17, 15) is 9.59 Å². The van der Waals surface area contributed by atoms with Gasteiger partial charge in [-0.15, -0.1) is 0 Å². The number of para-hydroxylation sites is 1. The summed E-state index contributed by atoms with van der Waals surface area (Å²) in [6.45, 7) is -0.158. The van der Waals surface area contributed by atoms with E-state index in [2.05, 4.69) is 5.32 Å². The maximum atomic E-state index is 11.6. The minimum Gasteiger partial charge on any atom is -0.480 e. The fourth-order valence-electron chi connectivity index (χ4n) is 1.62.